The molecule has 8 nitrogen and oxygen atoms in total. The van der Waals surface area contributed by atoms with Gasteiger partial charge in [0.25, 0.3) is 0 Å². The number of carbonyl (C=O) groups excluding carboxylic acids is 2. The number of rotatable bonds is 14. The van der Waals surface area contributed by atoms with Crippen molar-refractivity contribution in [2.75, 3.05) is 30.3 Å². The molecule has 3 rings (SSSR count). The number of nitrogens with one attached hydrogen (secondary N) is 1. The van der Waals surface area contributed by atoms with Crippen molar-refractivity contribution in [3.63, 3.8) is 0 Å². The van der Waals surface area contributed by atoms with Gasteiger partial charge in [-0.05, 0) is 57.2 Å². The predicted molar refractivity (Wildman–Crippen MR) is 155 cm³/mol. The molecule has 0 aromatic heterocycles. The second-order valence-corrected chi connectivity index (χ2v) is 12.1. The zero-order valence-corrected chi connectivity index (χ0v) is 24.3. The van der Waals surface area contributed by atoms with Gasteiger partial charge in [-0.2, -0.15) is 0 Å². The summed E-state index contributed by atoms with van der Waals surface area (Å²) in [7, 11) is -3.61. The third-order valence-corrected chi connectivity index (χ3v) is 8.37. The maximum Gasteiger partial charge on any atom is 0.242 e. The Morgan fingerprint density at radius 1 is 1.00 bits per heavy atom. The lowest BCUT2D eigenvalue weighted by Gasteiger charge is -2.31. The van der Waals surface area contributed by atoms with E-state index in [1.165, 1.54) is 10.7 Å². The van der Waals surface area contributed by atoms with Crippen LogP contribution in [0.15, 0.2) is 54.6 Å². The van der Waals surface area contributed by atoms with Crippen LogP contribution in [0.3, 0.4) is 0 Å². The first-order valence-corrected chi connectivity index (χ1v) is 15.9. The quantitative estimate of drug-likeness (QED) is 0.368. The van der Waals surface area contributed by atoms with Crippen molar-refractivity contribution in [2.24, 2.45) is 0 Å². The SMILES string of the molecule is CCOc1ccccc1N(CCCC(=O)N(CCc1ccccc1)[C@@H](C)C(=O)NC1CCCCC1)S(C)(=O)=O. The van der Waals surface area contributed by atoms with E-state index in [0.717, 1.165) is 37.5 Å². The lowest BCUT2D eigenvalue weighted by atomic mass is 9.95. The zero-order valence-electron chi connectivity index (χ0n) is 23.5. The maximum atomic E-state index is 13.5. The van der Waals surface area contributed by atoms with E-state index in [-0.39, 0.29) is 30.8 Å². The smallest absolute Gasteiger partial charge is 0.242 e. The van der Waals surface area contributed by atoms with E-state index < -0.39 is 16.1 Å². The van der Waals surface area contributed by atoms with Crippen LogP contribution in [0.2, 0.25) is 0 Å². The van der Waals surface area contributed by atoms with Crippen molar-refractivity contribution in [1.82, 2.24) is 10.2 Å². The summed E-state index contributed by atoms with van der Waals surface area (Å²) in [6.45, 7) is 4.57. The molecule has 1 aliphatic carbocycles. The molecule has 1 fully saturated rings. The molecule has 2 aromatic carbocycles. The molecule has 1 atom stereocenters. The van der Waals surface area contributed by atoms with Gasteiger partial charge in [0.05, 0.1) is 18.6 Å². The summed E-state index contributed by atoms with van der Waals surface area (Å²) in [4.78, 5) is 28.3. The fraction of sp³-hybridized carbons (Fsp3) is 0.533. The van der Waals surface area contributed by atoms with Crippen LogP contribution >= 0.6 is 0 Å². The summed E-state index contributed by atoms with van der Waals surface area (Å²) in [5, 5.41) is 3.15. The van der Waals surface area contributed by atoms with Crippen molar-refractivity contribution < 1.29 is 22.7 Å². The van der Waals surface area contributed by atoms with Gasteiger partial charge in [0.15, 0.2) is 0 Å². The van der Waals surface area contributed by atoms with Gasteiger partial charge in [-0.3, -0.25) is 13.9 Å². The molecule has 0 saturated heterocycles. The van der Waals surface area contributed by atoms with Crippen molar-refractivity contribution in [3.8, 4) is 5.75 Å². The summed E-state index contributed by atoms with van der Waals surface area (Å²) in [5.74, 6) is 0.185. The number of hydrogen-bond donors (Lipinski definition) is 1. The lowest BCUT2D eigenvalue weighted by Crippen LogP contribution is -2.51. The molecule has 1 aliphatic rings. The Balaban J connectivity index is 1.70. The Labute approximate surface area is 233 Å². The number of ether oxygens (including phenoxy) is 1. The summed E-state index contributed by atoms with van der Waals surface area (Å²) in [6.07, 6.45) is 7.58. The highest BCUT2D eigenvalue weighted by molar-refractivity contribution is 7.92. The number of hydrogen-bond acceptors (Lipinski definition) is 5. The van der Waals surface area contributed by atoms with Crippen molar-refractivity contribution in [3.05, 3.63) is 60.2 Å². The number of anilines is 1. The third kappa shape index (κ3) is 9.27. The minimum Gasteiger partial charge on any atom is -0.492 e. The van der Waals surface area contributed by atoms with Crippen molar-refractivity contribution >= 4 is 27.5 Å². The van der Waals surface area contributed by atoms with Gasteiger partial charge in [0.2, 0.25) is 21.8 Å². The van der Waals surface area contributed by atoms with Crippen LogP contribution in [-0.2, 0) is 26.0 Å². The van der Waals surface area contributed by atoms with E-state index in [4.69, 9.17) is 4.74 Å². The minimum absolute atomic E-state index is 0.124. The van der Waals surface area contributed by atoms with Gasteiger partial charge < -0.3 is 15.0 Å². The summed E-state index contributed by atoms with van der Waals surface area (Å²) >= 11 is 0. The molecule has 0 aliphatic heterocycles. The second-order valence-electron chi connectivity index (χ2n) is 10.2. The summed E-state index contributed by atoms with van der Waals surface area (Å²) in [5.41, 5.74) is 1.54. The van der Waals surface area contributed by atoms with Crippen LogP contribution in [0.5, 0.6) is 5.75 Å². The Morgan fingerprint density at radius 2 is 1.67 bits per heavy atom. The molecular formula is C30H43N3O5S. The van der Waals surface area contributed by atoms with Crippen molar-refractivity contribution in [1.29, 1.82) is 0 Å². The molecule has 9 heteroatoms. The van der Waals surface area contributed by atoms with Gasteiger partial charge in [-0.15, -0.1) is 0 Å². The predicted octanol–water partition coefficient (Wildman–Crippen LogP) is 4.54. The summed E-state index contributed by atoms with van der Waals surface area (Å²) < 4.78 is 32.3. The van der Waals surface area contributed by atoms with E-state index in [2.05, 4.69) is 5.32 Å². The van der Waals surface area contributed by atoms with Crippen LogP contribution < -0.4 is 14.4 Å². The van der Waals surface area contributed by atoms with Crippen LogP contribution in [0.25, 0.3) is 0 Å². The van der Waals surface area contributed by atoms with Crippen molar-refractivity contribution in [2.45, 2.75) is 77.3 Å². The topological polar surface area (TPSA) is 96.0 Å². The molecule has 0 heterocycles. The second kappa shape index (κ2) is 14.9. The van der Waals surface area contributed by atoms with E-state index in [1.807, 2.05) is 37.3 Å². The zero-order chi connectivity index (χ0) is 28.3. The fourth-order valence-corrected chi connectivity index (χ4v) is 6.03. The van der Waals surface area contributed by atoms with Crippen LogP contribution in [0, 0.1) is 0 Å². The average molecular weight is 558 g/mol. The van der Waals surface area contributed by atoms with E-state index in [1.54, 1.807) is 36.1 Å². The summed E-state index contributed by atoms with van der Waals surface area (Å²) in [6, 6.07) is 16.4. The number of carbonyl (C=O) groups is 2. The van der Waals surface area contributed by atoms with Gasteiger partial charge >= 0.3 is 0 Å². The molecule has 1 N–H and O–H groups in total. The van der Waals surface area contributed by atoms with Gasteiger partial charge in [-0.1, -0.05) is 61.7 Å². The third-order valence-electron chi connectivity index (χ3n) is 7.19. The first kappa shape index (κ1) is 30.5. The molecule has 1 saturated carbocycles. The minimum atomic E-state index is -3.61. The number of sulfonamides is 1. The fourth-order valence-electron chi connectivity index (χ4n) is 5.06. The maximum absolute atomic E-state index is 13.5. The Morgan fingerprint density at radius 3 is 2.33 bits per heavy atom. The van der Waals surface area contributed by atoms with Gasteiger partial charge in [0.1, 0.15) is 11.8 Å². The first-order chi connectivity index (χ1) is 18.7. The normalized spacial score (nSPS) is 14.8. The van der Waals surface area contributed by atoms with Crippen LogP contribution in [0.1, 0.15) is 64.4 Å². The Kier molecular flexibility index (Phi) is 11.7. The highest BCUT2D eigenvalue weighted by Crippen LogP contribution is 2.30. The monoisotopic (exact) mass is 557 g/mol. The van der Waals surface area contributed by atoms with Gasteiger partial charge in [0, 0.05) is 25.6 Å². The average Bonchev–Trinajstić information content (AvgIpc) is 2.92. The lowest BCUT2D eigenvalue weighted by molar-refractivity contribution is -0.140. The van der Waals surface area contributed by atoms with Gasteiger partial charge in [-0.25, -0.2) is 8.42 Å². The molecule has 0 spiro atoms. The highest BCUT2D eigenvalue weighted by Gasteiger charge is 2.28. The molecule has 0 radical (unpaired) electrons. The number of amides is 2. The molecule has 2 aromatic rings. The Hall–Kier alpha value is -3.07. The number of nitrogens with zero attached hydrogens (tertiary/aromatic N) is 2. The highest BCUT2D eigenvalue weighted by atomic mass is 32.2. The Bertz CT molecular complexity index is 1170. The molecule has 2 amide bonds. The van der Waals surface area contributed by atoms with E-state index in [0.29, 0.717) is 37.4 Å². The van der Waals surface area contributed by atoms with E-state index >= 15 is 0 Å². The number of benzene rings is 2. The largest absolute Gasteiger partial charge is 0.492 e. The molecule has 0 unspecified atom stereocenters. The van der Waals surface area contributed by atoms with Crippen LogP contribution in [0.4, 0.5) is 5.69 Å². The van der Waals surface area contributed by atoms with E-state index in [9.17, 15) is 18.0 Å². The molecular weight excluding hydrogens is 514 g/mol. The molecule has 0 bridgehead atoms. The first-order valence-electron chi connectivity index (χ1n) is 14.0. The standard InChI is InChI=1S/C30H43N3O5S/c1-4-38-28-19-12-11-18-27(28)33(39(3,36)37)22-13-20-29(34)32(23-21-25-14-7-5-8-15-25)24(2)30(35)31-26-16-9-6-10-17-26/h5,7-8,11-12,14-15,18-19,24,26H,4,6,9-10,13,16-17,20-23H2,1-3H3,(H,31,35)/t24-/m0/s1. The molecule has 39 heavy (non-hydrogen) atoms. The number of para-hydroxylation sites is 2. The van der Waals surface area contributed by atoms with Crippen LogP contribution in [-0.4, -0.2) is 63.2 Å². The molecule has 214 valence electrons.